The van der Waals surface area contributed by atoms with Gasteiger partial charge in [0.15, 0.2) is 11.5 Å². The molecule has 0 aliphatic heterocycles. The Bertz CT molecular complexity index is 915. The SMILES string of the molecule is COc1cc(NC(=O)CC(NC(C)=O)c2ccc(Cl)cc2)c(C(N)=O)cc1OC. The van der Waals surface area contributed by atoms with Gasteiger partial charge in [-0.25, -0.2) is 0 Å². The predicted octanol–water partition coefficient (Wildman–Crippen LogP) is 2.66. The molecule has 0 fully saturated rings. The molecule has 2 aromatic carbocycles. The van der Waals surface area contributed by atoms with Crippen LogP contribution in [0.5, 0.6) is 11.5 Å². The number of rotatable bonds is 8. The zero-order valence-electron chi connectivity index (χ0n) is 16.2. The van der Waals surface area contributed by atoms with Crippen molar-refractivity contribution in [2.24, 2.45) is 5.73 Å². The first kappa shape index (κ1) is 22.0. The second-order valence-corrected chi connectivity index (χ2v) is 6.61. The highest BCUT2D eigenvalue weighted by Crippen LogP contribution is 2.33. The van der Waals surface area contributed by atoms with Gasteiger partial charge in [-0.2, -0.15) is 0 Å². The first-order chi connectivity index (χ1) is 13.7. The number of amides is 3. The molecule has 1 atom stereocenters. The first-order valence-electron chi connectivity index (χ1n) is 8.63. The molecule has 2 rings (SSSR count). The fraction of sp³-hybridized carbons (Fsp3) is 0.250. The number of ether oxygens (including phenoxy) is 2. The summed E-state index contributed by atoms with van der Waals surface area (Å²) in [6.45, 7) is 1.36. The number of nitrogens with one attached hydrogen (secondary N) is 2. The minimum Gasteiger partial charge on any atom is -0.493 e. The van der Waals surface area contributed by atoms with Crippen molar-refractivity contribution >= 4 is 35.0 Å². The average Bonchev–Trinajstić information content (AvgIpc) is 2.67. The van der Waals surface area contributed by atoms with E-state index in [9.17, 15) is 14.4 Å². The van der Waals surface area contributed by atoms with Gasteiger partial charge in [0, 0.05) is 18.0 Å². The molecule has 0 heterocycles. The monoisotopic (exact) mass is 419 g/mol. The Hall–Kier alpha value is -3.26. The van der Waals surface area contributed by atoms with E-state index in [-0.39, 0.29) is 23.6 Å². The minimum atomic E-state index is -0.739. The van der Waals surface area contributed by atoms with Crippen LogP contribution in [0.2, 0.25) is 5.02 Å². The number of benzene rings is 2. The van der Waals surface area contributed by atoms with Crippen LogP contribution >= 0.6 is 11.6 Å². The molecule has 2 aromatic rings. The number of carbonyl (C=O) groups excluding carboxylic acids is 3. The van der Waals surface area contributed by atoms with Gasteiger partial charge in [-0.3, -0.25) is 14.4 Å². The van der Waals surface area contributed by atoms with Crippen LogP contribution in [0.1, 0.15) is 35.3 Å². The first-order valence-corrected chi connectivity index (χ1v) is 9.01. The third-order valence-corrected chi connectivity index (χ3v) is 4.35. The van der Waals surface area contributed by atoms with Crippen molar-refractivity contribution in [1.82, 2.24) is 5.32 Å². The molecule has 0 aromatic heterocycles. The standard InChI is InChI=1S/C20H22ClN3O5/c1-11(25)23-15(12-4-6-13(21)7-5-12)10-19(26)24-16-9-18(29-3)17(28-2)8-14(16)20(22)27/h4-9,15H,10H2,1-3H3,(H2,22,27)(H,23,25)(H,24,26). The Labute approximate surface area is 173 Å². The van der Waals surface area contributed by atoms with Crippen molar-refractivity contribution in [1.29, 1.82) is 0 Å². The third kappa shape index (κ3) is 5.86. The fourth-order valence-corrected chi connectivity index (χ4v) is 2.89. The Morgan fingerprint density at radius 3 is 2.17 bits per heavy atom. The van der Waals surface area contributed by atoms with Gasteiger partial charge in [0.1, 0.15) is 0 Å². The van der Waals surface area contributed by atoms with Crippen LogP contribution in [0.15, 0.2) is 36.4 Å². The van der Waals surface area contributed by atoms with Gasteiger partial charge >= 0.3 is 0 Å². The number of hydrogen-bond acceptors (Lipinski definition) is 5. The lowest BCUT2D eigenvalue weighted by atomic mass is 10.0. The van der Waals surface area contributed by atoms with Crippen LogP contribution in [0, 0.1) is 0 Å². The largest absolute Gasteiger partial charge is 0.493 e. The quantitative estimate of drug-likeness (QED) is 0.607. The number of nitrogens with two attached hydrogens (primary N) is 1. The lowest BCUT2D eigenvalue weighted by Gasteiger charge is -2.19. The molecule has 0 spiro atoms. The van der Waals surface area contributed by atoms with Gasteiger partial charge in [0.25, 0.3) is 5.91 Å². The topological polar surface area (TPSA) is 120 Å². The molecule has 8 nitrogen and oxygen atoms in total. The van der Waals surface area contributed by atoms with Gasteiger partial charge in [0.2, 0.25) is 11.8 Å². The number of hydrogen-bond donors (Lipinski definition) is 3. The van der Waals surface area contributed by atoms with E-state index in [4.69, 9.17) is 26.8 Å². The third-order valence-electron chi connectivity index (χ3n) is 4.10. The second kappa shape index (κ2) is 9.79. The summed E-state index contributed by atoms with van der Waals surface area (Å²) in [5.41, 5.74) is 6.38. The highest BCUT2D eigenvalue weighted by atomic mass is 35.5. The molecule has 0 bridgehead atoms. The number of primary amides is 1. The molecule has 4 N–H and O–H groups in total. The van der Waals surface area contributed by atoms with Gasteiger partial charge in [-0.05, 0) is 23.8 Å². The number of carbonyl (C=O) groups is 3. The normalized spacial score (nSPS) is 11.3. The van der Waals surface area contributed by atoms with E-state index in [0.29, 0.717) is 22.1 Å². The molecule has 0 saturated carbocycles. The van der Waals surface area contributed by atoms with E-state index in [1.165, 1.54) is 33.3 Å². The molecule has 0 aliphatic carbocycles. The van der Waals surface area contributed by atoms with Gasteiger partial charge in [-0.1, -0.05) is 23.7 Å². The number of anilines is 1. The maximum absolute atomic E-state index is 12.7. The highest BCUT2D eigenvalue weighted by Gasteiger charge is 2.20. The van der Waals surface area contributed by atoms with Crippen LogP contribution in [-0.2, 0) is 9.59 Å². The smallest absolute Gasteiger partial charge is 0.250 e. The number of methoxy groups -OCH3 is 2. The molecule has 0 radical (unpaired) electrons. The van der Waals surface area contributed by atoms with Crippen LogP contribution in [0.4, 0.5) is 5.69 Å². The van der Waals surface area contributed by atoms with E-state index >= 15 is 0 Å². The van der Waals surface area contributed by atoms with Crippen LogP contribution in [0.3, 0.4) is 0 Å². The molecule has 29 heavy (non-hydrogen) atoms. The summed E-state index contributed by atoms with van der Waals surface area (Å²) < 4.78 is 10.4. The summed E-state index contributed by atoms with van der Waals surface area (Å²) in [6.07, 6.45) is -0.0756. The fourth-order valence-electron chi connectivity index (χ4n) is 2.77. The van der Waals surface area contributed by atoms with Crippen molar-refractivity contribution in [2.45, 2.75) is 19.4 Å². The van der Waals surface area contributed by atoms with Crippen molar-refractivity contribution in [3.63, 3.8) is 0 Å². The molecule has 1 unspecified atom stereocenters. The Kier molecular flexibility index (Phi) is 7.44. The van der Waals surface area contributed by atoms with Gasteiger partial charge in [-0.15, -0.1) is 0 Å². The van der Waals surface area contributed by atoms with Crippen LogP contribution < -0.4 is 25.8 Å². The van der Waals surface area contributed by atoms with Gasteiger partial charge in [0.05, 0.1) is 37.9 Å². The summed E-state index contributed by atoms with van der Waals surface area (Å²) in [7, 11) is 2.85. The van der Waals surface area contributed by atoms with Crippen molar-refractivity contribution in [2.75, 3.05) is 19.5 Å². The maximum Gasteiger partial charge on any atom is 0.250 e. The zero-order valence-corrected chi connectivity index (χ0v) is 17.0. The maximum atomic E-state index is 12.7. The minimum absolute atomic E-state index is 0.0681. The Morgan fingerprint density at radius 2 is 1.66 bits per heavy atom. The lowest BCUT2D eigenvalue weighted by Crippen LogP contribution is -2.30. The Balaban J connectivity index is 2.28. The Morgan fingerprint density at radius 1 is 1.07 bits per heavy atom. The average molecular weight is 420 g/mol. The molecule has 154 valence electrons. The highest BCUT2D eigenvalue weighted by molar-refractivity contribution is 6.30. The van der Waals surface area contributed by atoms with Crippen molar-refractivity contribution in [3.05, 3.63) is 52.5 Å². The summed E-state index contributed by atoms with van der Waals surface area (Å²) in [6, 6.07) is 9.05. The molecule has 9 heteroatoms. The molecule has 0 aliphatic rings. The summed E-state index contributed by atoms with van der Waals surface area (Å²) >= 11 is 5.90. The summed E-state index contributed by atoms with van der Waals surface area (Å²) in [4.78, 5) is 36.0. The van der Waals surface area contributed by atoms with Gasteiger partial charge < -0.3 is 25.8 Å². The molecule has 3 amide bonds. The predicted molar refractivity (Wildman–Crippen MR) is 109 cm³/mol. The number of halogens is 1. The molecular weight excluding hydrogens is 398 g/mol. The van der Waals surface area contributed by atoms with Crippen LogP contribution in [0.25, 0.3) is 0 Å². The molecular formula is C20H22ClN3O5. The van der Waals surface area contributed by atoms with E-state index in [2.05, 4.69) is 10.6 Å². The van der Waals surface area contributed by atoms with E-state index < -0.39 is 17.9 Å². The van der Waals surface area contributed by atoms with Crippen molar-refractivity contribution < 1.29 is 23.9 Å². The summed E-state index contributed by atoms with van der Waals surface area (Å²) in [5.74, 6) is -0.840. The zero-order chi connectivity index (χ0) is 21.6. The summed E-state index contributed by atoms with van der Waals surface area (Å²) in [5, 5.41) is 5.92. The second-order valence-electron chi connectivity index (χ2n) is 6.17. The lowest BCUT2D eigenvalue weighted by molar-refractivity contribution is -0.120. The van der Waals surface area contributed by atoms with Crippen LogP contribution in [-0.4, -0.2) is 31.9 Å². The van der Waals surface area contributed by atoms with E-state index in [1.54, 1.807) is 24.3 Å². The van der Waals surface area contributed by atoms with Crippen molar-refractivity contribution in [3.8, 4) is 11.5 Å². The molecule has 0 saturated heterocycles. The van der Waals surface area contributed by atoms with E-state index in [1.807, 2.05) is 0 Å². The van der Waals surface area contributed by atoms with E-state index in [0.717, 1.165) is 0 Å².